The van der Waals surface area contributed by atoms with Crippen LogP contribution < -0.4 is 5.73 Å². The Hall–Kier alpha value is -1.35. The highest BCUT2D eigenvalue weighted by atomic mass is 16.3. The van der Waals surface area contributed by atoms with Gasteiger partial charge in [-0.1, -0.05) is 25.5 Å². The van der Waals surface area contributed by atoms with Gasteiger partial charge in [-0.3, -0.25) is 0 Å². The maximum Gasteiger partial charge on any atom is 0.212 e. The summed E-state index contributed by atoms with van der Waals surface area (Å²) in [5.41, 5.74) is 8.85. The fourth-order valence-corrected chi connectivity index (χ4v) is 1.70. The zero-order valence-corrected chi connectivity index (χ0v) is 9.16. The SMILES string of the molecule is CCCC(N)c1nc2c(C)cccc2o1. The number of hydrogen-bond donors (Lipinski definition) is 1. The van der Waals surface area contributed by atoms with E-state index in [2.05, 4.69) is 11.9 Å². The summed E-state index contributed by atoms with van der Waals surface area (Å²) < 4.78 is 5.63. The first-order valence-electron chi connectivity index (χ1n) is 5.34. The Kier molecular flexibility index (Phi) is 2.73. The van der Waals surface area contributed by atoms with Crippen LogP contribution in [0.3, 0.4) is 0 Å². The summed E-state index contributed by atoms with van der Waals surface area (Å²) >= 11 is 0. The number of benzene rings is 1. The van der Waals surface area contributed by atoms with Gasteiger partial charge in [0.25, 0.3) is 0 Å². The molecule has 0 fully saturated rings. The summed E-state index contributed by atoms with van der Waals surface area (Å²) in [7, 11) is 0. The second-order valence-electron chi connectivity index (χ2n) is 3.87. The molecule has 1 atom stereocenters. The van der Waals surface area contributed by atoms with Crippen molar-refractivity contribution in [1.29, 1.82) is 0 Å². The minimum atomic E-state index is -0.0817. The van der Waals surface area contributed by atoms with E-state index in [-0.39, 0.29) is 6.04 Å². The van der Waals surface area contributed by atoms with Crippen molar-refractivity contribution in [3.8, 4) is 0 Å². The summed E-state index contributed by atoms with van der Waals surface area (Å²) in [5.74, 6) is 0.654. The van der Waals surface area contributed by atoms with Gasteiger partial charge < -0.3 is 10.2 Å². The number of nitrogens with zero attached hydrogens (tertiary/aromatic N) is 1. The number of para-hydroxylation sites is 1. The second kappa shape index (κ2) is 4.03. The van der Waals surface area contributed by atoms with Crippen LogP contribution >= 0.6 is 0 Å². The molecule has 3 heteroatoms. The molecule has 2 aromatic rings. The fraction of sp³-hybridized carbons (Fsp3) is 0.417. The first-order valence-corrected chi connectivity index (χ1v) is 5.34. The van der Waals surface area contributed by atoms with Gasteiger partial charge in [-0.05, 0) is 25.0 Å². The van der Waals surface area contributed by atoms with Crippen molar-refractivity contribution in [3.63, 3.8) is 0 Å². The Morgan fingerprint density at radius 1 is 1.47 bits per heavy atom. The molecular formula is C12H16N2O. The van der Waals surface area contributed by atoms with Crippen LogP contribution in [0.1, 0.15) is 37.3 Å². The van der Waals surface area contributed by atoms with Crippen molar-refractivity contribution in [2.24, 2.45) is 5.73 Å². The monoisotopic (exact) mass is 204 g/mol. The Bertz CT molecular complexity index is 462. The second-order valence-corrected chi connectivity index (χ2v) is 3.87. The van der Waals surface area contributed by atoms with Crippen molar-refractivity contribution < 1.29 is 4.42 Å². The van der Waals surface area contributed by atoms with Crippen LogP contribution in [0.4, 0.5) is 0 Å². The third kappa shape index (κ3) is 1.88. The third-order valence-corrected chi connectivity index (χ3v) is 2.55. The summed E-state index contributed by atoms with van der Waals surface area (Å²) in [6, 6.07) is 5.84. The molecule has 0 aliphatic heterocycles. The molecule has 1 aromatic heterocycles. The van der Waals surface area contributed by atoms with Crippen LogP contribution in [-0.2, 0) is 0 Å². The van der Waals surface area contributed by atoms with Crippen molar-refractivity contribution in [3.05, 3.63) is 29.7 Å². The Morgan fingerprint density at radius 3 is 2.93 bits per heavy atom. The zero-order valence-electron chi connectivity index (χ0n) is 9.16. The molecule has 1 aromatic carbocycles. The topological polar surface area (TPSA) is 52.0 Å². The molecule has 2 N–H and O–H groups in total. The van der Waals surface area contributed by atoms with Gasteiger partial charge in [0.15, 0.2) is 5.58 Å². The minimum absolute atomic E-state index is 0.0817. The molecule has 80 valence electrons. The smallest absolute Gasteiger partial charge is 0.212 e. The molecule has 0 spiro atoms. The Morgan fingerprint density at radius 2 is 2.27 bits per heavy atom. The average Bonchev–Trinajstić information content (AvgIpc) is 2.63. The van der Waals surface area contributed by atoms with Gasteiger partial charge in [0.1, 0.15) is 5.52 Å². The molecular weight excluding hydrogens is 188 g/mol. The van der Waals surface area contributed by atoms with Crippen molar-refractivity contribution in [2.75, 3.05) is 0 Å². The van der Waals surface area contributed by atoms with Crippen molar-refractivity contribution >= 4 is 11.1 Å². The van der Waals surface area contributed by atoms with Crippen LogP contribution in [0.5, 0.6) is 0 Å². The molecule has 0 aliphatic carbocycles. The lowest BCUT2D eigenvalue weighted by Crippen LogP contribution is -2.09. The molecule has 15 heavy (non-hydrogen) atoms. The van der Waals surface area contributed by atoms with E-state index in [4.69, 9.17) is 10.2 Å². The first kappa shape index (κ1) is 10.2. The lowest BCUT2D eigenvalue weighted by Gasteiger charge is -2.03. The quantitative estimate of drug-likeness (QED) is 0.836. The average molecular weight is 204 g/mol. The predicted molar refractivity (Wildman–Crippen MR) is 60.6 cm³/mol. The summed E-state index contributed by atoms with van der Waals surface area (Å²) in [4.78, 5) is 4.44. The highest BCUT2D eigenvalue weighted by molar-refractivity contribution is 5.76. The molecule has 1 unspecified atom stereocenters. The van der Waals surface area contributed by atoms with E-state index in [1.165, 1.54) is 0 Å². The van der Waals surface area contributed by atoms with E-state index >= 15 is 0 Å². The van der Waals surface area contributed by atoms with Gasteiger partial charge in [-0.2, -0.15) is 0 Å². The van der Waals surface area contributed by atoms with E-state index in [1.807, 2.05) is 25.1 Å². The van der Waals surface area contributed by atoms with Gasteiger partial charge in [0.05, 0.1) is 6.04 Å². The number of rotatable bonds is 3. The molecule has 0 radical (unpaired) electrons. The van der Waals surface area contributed by atoms with Crippen molar-refractivity contribution in [2.45, 2.75) is 32.7 Å². The van der Waals surface area contributed by atoms with Crippen LogP contribution in [-0.4, -0.2) is 4.98 Å². The van der Waals surface area contributed by atoms with Gasteiger partial charge in [-0.15, -0.1) is 0 Å². The number of aromatic nitrogens is 1. The standard InChI is InChI=1S/C12H16N2O/c1-3-5-9(13)12-14-11-8(2)6-4-7-10(11)15-12/h4,6-7,9H,3,5,13H2,1-2H3. The number of aryl methyl sites for hydroxylation is 1. The highest BCUT2D eigenvalue weighted by Crippen LogP contribution is 2.23. The van der Waals surface area contributed by atoms with Crippen LogP contribution in [0.15, 0.2) is 22.6 Å². The molecule has 0 saturated heterocycles. The molecule has 0 aliphatic rings. The molecule has 1 heterocycles. The minimum Gasteiger partial charge on any atom is -0.439 e. The highest BCUT2D eigenvalue weighted by Gasteiger charge is 2.13. The lowest BCUT2D eigenvalue weighted by atomic mass is 10.2. The molecule has 2 rings (SSSR count). The zero-order chi connectivity index (χ0) is 10.8. The number of fused-ring (bicyclic) bond motifs is 1. The summed E-state index contributed by atoms with van der Waals surface area (Å²) in [6.07, 6.45) is 1.95. The lowest BCUT2D eigenvalue weighted by molar-refractivity contribution is 0.456. The van der Waals surface area contributed by atoms with Gasteiger partial charge in [-0.25, -0.2) is 4.98 Å². The van der Waals surface area contributed by atoms with E-state index in [0.29, 0.717) is 5.89 Å². The van der Waals surface area contributed by atoms with Gasteiger partial charge in [0.2, 0.25) is 5.89 Å². The molecule has 3 nitrogen and oxygen atoms in total. The van der Waals surface area contributed by atoms with E-state index in [1.54, 1.807) is 0 Å². The van der Waals surface area contributed by atoms with Gasteiger partial charge in [0, 0.05) is 0 Å². The van der Waals surface area contributed by atoms with Crippen LogP contribution in [0.25, 0.3) is 11.1 Å². The molecule has 0 amide bonds. The van der Waals surface area contributed by atoms with E-state index in [9.17, 15) is 0 Å². The largest absolute Gasteiger partial charge is 0.439 e. The van der Waals surface area contributed by atoms with Gasteiger partial charge >= 0.3 is 0 Å². The Labute approximate surface area is 89.3 Å². The predicted octanol–water partition coefficient (Wildman–Crippen LogP) is 2.94. The third-order valence-electron chi connectivity index (χ3n) is 2.55. The summed E-state index contributed by atoms with van der Waals surface area (Å²) in [6.45, 7) is 4.13. The van der Waals surface area contributed by atoms with Crippen LogP contribution in [0.2, 0.25) is 0 Å². The molecule has 0 bridgehead atoms. The molecule has 0 saturated carbocycles. The maximum absolute atomic E-state index is 5.96. The fourth-order valence-electron chi connectivity index (χ4n) is 1.70. The maximum atomic E-state index is 5.96. The van der Waals surface area contributed by atoms with E-state index in [0.717, 1.165) is 29.5 Å². The number of oxazole rings is 1. The Balaban J connectivity index is 2.43. The summed E-state index contributed by atoms with van der Waals surface area (Å²) in [5, 5.41) is 0. The normalized spacial score (nSPS) is 13.3. The first-order chi connectivity index (χ1) is 7.22. The number of hydrogen-bond acceptors (Lipinski definition) is 3. The number of nitrogens with two attached hydrogens (primary N) is 1. The van der Waals surface area contributed by atoms with Crippen LogP contribution in [0, 0.1) is 6.92 Å². The van der Waals surface area contributed by atoms with Crippen molar-refractivity contribution in [1.82, 2.24) is 4.98 Å². The van der Waals surface area contributed by atoms with E-state index < -0.39 is 0 Å².